The molecule has 0 radical (unpaired) electrons. The van der Waals surface area contributed by atoms with E-state index in [2.05, 4.69) is 36.5 Å². The van der Waals surface area contributed by atoms with Crippen LogP contribution in [0.15, 0.2) is 24.3 Å². The minimum Gasteiger partial charge on any atom is -0.373 e. The number of nitrogens with one attached hydrogen (secondary N) is 1. The predicted octanol–water partition coefficient (Wildman–Crippen LogP) is 3.78. The minimum absolute atomic E-state index is 0.0486. The van der Waals surface area contributed by atoms with Gasteiger partial charge in [0.25, 0.3) is 0 Å². The topological polar surface area (TPSA) is 21.3 Å². The molecule has 1 heterocycles. The summed E-state index contributed by atoms with van der Waals surface area (Å²) in [6, 6.07) is 9.45. The lowest BCUT2D eigenvalue weighted by atomic mass is 9.78. The molecule has 1 aromatic carbocycles. The number of ether oxygens (including phenoxy) is 1. The van der Waals surface area contributed by atoms with Gasteiger partial charge in [-0.05, 0) is 56.7 Å². The summed E-state index contributed by atoms with van der Waals surface area (Å²) in [6.07, 6.45) is 6.44. The van der Waals surface area contributed by atoms with Crippen LogP contribution in [-0.4, -0.2) is 19.3 Å². The lowest BCUT2D eigenvalue weighted by Crippen LogP contribution is -2.39. The molecule has 2 unspecified atom stereocenters. The molecule has 3 rings (SSSR count). The fraction of sp³-hybridized carbons (Fsp3) is 0.647. The predicted molar refractivity (Wildman–Crippen MR) is 78.4 cm³/mol. The Morgan fingerprint density at radius 1 is 1.32 bits per heavy atom. The normalized spacial score (nSPS) is 29.2. The Labute approximate surface area is 116 Å². The van der Waals surface area contributed by atoms with Crippen molar-refractivity contribution in [3.8, 4) is 0 Å². The molecule has 1 aliphatic carbocycles. The number of benzene rings is 1. The van der Waals surface area contributed by atoms with E-state index >= 15 is 0 Å². The third-order valence-electron chi connectivity index (χ3n) is 4.97. The Morgan fingerprint density at radius 3 is 2.74 bits per heavy atom. The average molecular weight is 259 g/mol. The summed E-state index contributed by atoms with van der Waals surface area (Å²) in [5, 5.41) is 3.48. The first kappa shape index (κ1) is 13.1. The highest BCUT2D eigenvalue weighted by molar-refractivity contribution is 5.31. The van der Waals surface area contributed by atoms with Crippen LogP contribution in [0.5, 0.6) is 0 Å². The monoisotopic (exact) mass is 259 g/mol. The van der Waals surface area contributed by atoms with Gasteiger partial charge in [-0.2, -0.15) is 0 Å². The minimum atomic E-state index is -0.0486. The van der Waals surface area contributed by atoms with Crippen LogP contribution in [0.2, 0.25) is 0 Å². The molecular formula is C17H25NO. The lowest BCUT2D eigenvalue weighted by Gasteiger charge is -2.34. The summed E-state index contributed by atoms with van der Waals surface area (Å²) in [6.45, 7) is 3.15. The van der Waals surface area contributed by atoms with Gasteiger partial charge in [-0.1, -0.05) is 30.7 Å². The SMILES string of the molecule is CNC(c1cccc(C2CCC2)c1)C1(C)CCCO1. The van der Waals surface area contributed by atoms with Crippen molar-refractivity contribution in [3.63, 3.8) is 0 Å². The fourth-order valence-corrected chi connectivity index (χ4v) is 3.59. The van der Waals surface area contributed by atoms with E-state index in [4.69, 9.17) is 4.74 Å². The van der Waals surface area contributed by atoms with E-state index in [1.54, 1.807) is 0 Å². The maximum Gasteiger partial charge on any atom is 0.0849 e. The first-order chi connectivity index (χ1) is 9.23. The molecule has 1 aromatic rings. The first-order valence-corrected chi connectivity index (χ1v) is 7.64. The molecule has 2 aliphatic rings. The average Bonchev–Trinajstić information content (AvgIpc) is 2.76. The van der Waals surface area contributed by atoms with Gasteiger partial charge in [-0.15, -0.1) is 0 Å². The molecule has 0 spiro atoms. The summed E-state index contributed by atoms with van der Waals surface area (Å²) < 4.78 is 6.03. The summed E-state index contributed by atoms with van der Waals surface area (Å²) in [4.78, 5) is 0. The zero-order valence-corrected chi connectivity index (χ0v) is 12.1. The first-order valence-electron chi connectivity index (χ1n) is 7.64. The van der Waals surface area contributed by atoms with E-state index in [0.717, 1.165) is 18.9 Å². The maximum absolute atomic E-state index is 6.03. The van der Waals surface area contributed by atoms with Gasteiger partial charge in [0.05, 0.1) is 11.6 Å². The molecule has 0 amide bonds. The second-order valence-corrected chi connectivity index (χ2v) is 6.28. The van der Waals surface area contributed by atoms with Gasteiger partial charge in [0.1, 0.15) is 0 Å². The Morgan fingerprint density at radius 2 is 2.16 bits per heavy atom. The van der Waals surface area contributed by atoms with E-state index in [0.29, 0.717) is 6.04 Å². The number of hydrogen-bond donors (Lipinski definition) is 1. The maximum atomic E-state index is 6.03. The van der Waals surface area contributed by atoms with Gasteiger partial charge in [0.2, 0.25) is 0 Å². The van der Waals surface area contributed by atoms with Crippen LogP contribution in [-0.2, 0) is 4.74 Å². The highest BCUT2D eigenvalue weighted by atomic mass is 16.5. The fourth-order valence-electron chi connectivity index (χ4n) is 3.59. The number of likely N-dealkylation sites (N-methyl/N-ethyl adjacent to an activating group) is 1. The van der Waals surface area contributed by atoms with Crippen molar-refractivity contribution in [2.24, 2.45) is 0 Å². The van der Waals surface area contributed by atoms with Crippen molar-refractivity contribution >= 4 is 0 Å². The van der Waals surface area contributed by atoms with Gasteiger partial charge in [-0.3, -0.25) is 0 Å². The standard InChI is InChI=1S/C17H25NO/c1-17(10-5-11-19-17)16(18-2)15-9-4-8-14(12-15)13-6-3-7-13/h4,8-9,12-13,16,18H,3,5-7,10-11H2,1-2H3. The second kappa shape index (κ2) is 5.26. The van der Waals surface area contributed by atoms with Gasteiger partial charge in [0, 0.05) is 6.61 Å². The Balaban J connectivity index is 1.86. The summed E-state index contributed by atoms with van der Waals surface area (Å²) in [5.74, 6) is 0.801. The lowest BCUT2D eigenvalue weighted by molar-refractivity contribution is -0.0105. The second-order valence-electron chi connectivity index (χ2n) is 6.28. The highest BCUT2D eigenvalue weighted by Crippen LogP contribution is 2.40. The zero-order valence-electron chi connectivity index (χ0n) is 12.1. The largest absolute Gasteiger partial charge is 0.373 e. The molecule has 1 aliphatic heterocycles. The summed E-state index contributed by atoms with van der Waals surface area (Å²) in [7, 11) is 2.05. The molecule has 0 aromatic heterocycles. The molecule has 104 valence electrons. The Kier molecular flexibility index (Phi) is 3.64. The van der Waals surface area contributed by atoms with E-state index in [9.17, 15) is 0 Å². The molecule has 19 heavy (non-hydrogen) atoms. The molecule has 2 atom stereocenters. The molecule has 2 nitrogen and oxygen atoms in total. The van der Waals surface area contributed by atoms with Crippen LogP contribution in [0.3, 0.4) is 0 Å². The van der Waals surface area contributed by atoms with Gasteiger partial charge < -0.3 is 10.1 Å². The summed E-state index contributed by atoms with van der Waals surface area (Å²) >= 11 is 0. The molecular weight excluding hydrogens is 234 g/mol. The molecule has 1 N–H and O–H groups in total. The molecule has 2 heteroatoms. The number of rotatable bonds is 4. The van der Waals surface area contributed by atoms with Crippen LogP contribution in [0, 0.1) is 0 Å². The molecule has 1 saturated carbocycles. The van der Waals surface area contributed by atoms with Crippen molar-refractivity contribution in [2.45, 2.75) is 56.6 Å². The van der Waals surface area contributed by atoms with Crippen molar-refractivity contribution in [1.29, 1.82) is 0 Å². The third kappa shape index (κ3) is 2.44. The quantitative estimate of drug-likeness (QED) is 0.888. The smallest absolute Gasteiger partial charge is 0.0849 e. The number of hydrogen-bond acceptors (Lipinski definition) is 2. The van der Waals surface area contributed by atoms with Crippen molar-refractivity contribution in [1.82, 2.24) is 5.32 Å². The van der Waals surface area contributed by atoms with E-state index in [-0.39, 0.29) is 5.60 Å². The van der Waals surface area contributed by atoms with Crippen LogP contribution < -0.4 is 5.32 Å². The molecule has 0 bridgehead atoms. The van der Waals surface area contributed by atoms with Crippen LogP contribution >= 0.6 is 0 Å². The highest BCUT2D eigenvalue weighted by Gasteiger charge is 2.38. The van der Waals surface area contributed by atoms with E-state index in [1.165, 1.54) is 36.8 Å². The van der Waals surface area contributed by atoms with E-state index < -0.39 is 0 Å². The molecule has 1 saturated heterocycles. The van der Waals surface area contributed by atoms with Crippen molar-refractivity contribution in [3.05, 3.63) is 35.4 Å². The van der Waals surface area contributed by atoms with Crippen LogP contribution in [0.25, 0.3) is 0 Å². The third-order valence-corrected chi connectivity index (χ3v) is 4.97. The van der Waals surface area contributed by atoms with Gasteiger partial charge in [-0.25, -0.2) is 0 Å². The van der Waals surface area contributed by atoms with Gasteiger partial charge >= 0.3 is 0 Å². The Hall–Kier alpha value is -0.860. The van der Waals surface area contributed by atoms with Gasteiger partial charge in [0.15, 0.2) is 0 Å². The Bertz CT molecular complexity index is 433. The summed E-state index contributed by atoms with van der Waals surface area (Å²) in [5.41, 5.74) is 2.86. The van der Waals surface area contributed by atoms with Crippen LogP contribution in [0.1, 0.15) is 62.1 Å². The molecule has 2 fully saturated rings. The van der Waals surface area contributed by atoms with E-state index in [1.807, 2.05) is 7.05 Å². The van der Waals surface area contributed by atoms with Crippen molar-refractivity contribution < 1.29 is 4.74 Å². The van der Waals surface area contributed by atoms with Crippen molar-refractivity contribution in [2.75, 3.05) is 13.7 Å². The zero-order chi connectivity index (χ0) is 13.3. The van der Waals surface area contributed by atoms with Crippen LogP contribution in [0.4, 0.5) is 0 Å².